The zero-order chi connectivity index (χ0) is 17.4. The van der Waals surface area contributed by atoms with Gasteiger partial charge in [0.25, 0.3) is 0 Å². The van der Waals surface area contributed by atoms with Gasteiger partial charge in [-0.1, -0.05) is 6.07 Å². The van der Waals surface area contributed by atoms with E-state index in [0.717, 1.165) is 22.7 Å². The summed E-state index contributed by atoms with van der Waals surface area (Å²) in [5, 5.41) is 9.45. The number of nitrogens with one attached hydrogen (secondary N) is 1. The van der Waals surface area contributed by atoms with Crippen LogP contribution in [-0.2, 0) is 29.0 Å². The molecule has 3 aromatic heterocycles. The van der Waals surface area contributed by atoms with Gasteiger partial charge in [-0.2, -0.15) is 0 Å². The molecule has 3 aromatic rings. The normalized spacial score (nSPS) is 16.8. The largest absolute Gasteiger partial charge is 0.480 e. The van der Waals surface area contributed by atoms with E-state index < -0.39 is 12.0 Å². The molecule has 0 bridgehead atoms. The molecule has 0 radical (unpaired) electrons. The number of aryl methyl sites for hydroxylation is 1. The molecule has 1 amide bonds. The molecule has 8 nitrogen and oxygen atoms in total. The predicted octanol–water partition coefficient (Wildman–Crippen LogP) is 1.03. The molecule has 4 rings (SSSR count). The van der Waals surface area contributed by atoms with Crippen molar-refractivity contribution in [2.45, 2.75) is 31.8 Å². The highest BCUT2D eigenvalue weighted by molar-refractivity contribution is 5.84. The SMILES string of the molecule is O=C(O)[C@H]1Cc2nc[nH]c2CN1C(=O)CCc1cn2ccccc2n1. The summed E-state index contributed by atoms with van der Waals surface area (Å²) < 4.78 is 1.90. The van der Waals surface area contributed by atoms with Crippen LogP contribution in [0.3, 0.4) is 0 Å². The molecule has 0 spiro atoms. The summed E-state index contributed by atoms with van der Waals surface area (Å²) in [5.74, 6) is -1.19. The van der Waals surface area contributed by atoms with E-state index in [2.05, 4.69) is 15.0 Å². The lowest BCUT2D eigenvalue weighted by Crippen LogP contribution is -2.48. The van der Waals surface area contributed by atoms with Gasteiger partial charge in [0.1, 0.15) is 11.7 Å². The number of fused-ring (bicyclic) bond motifs is 2. The Bertz CT molecular complexity index is 912. The Balaban J connectivity index is 1.48. The second kappa shape index (κ2) is 6.04. The number of aromatic amines is 1. The van der Waals surface area contributed by atoms with E-state index in [1.165, 1.54) is 11.2 Å². The molecule has 0 aromatic carbocycles. The number of H-pyrrole nitrogens is 1. The van der Waals surface area contributed by atoms with Crippen molar-refractivity contribution >= 4 is 17.5 Å². The average molecular weight is 339 g/mol. The molecule has 0 unspecified atom stereocenters. The molecule has 0 saturated carbocycles. The van der Waals surface area contributed by atoms with Crippen LogP contribution in [0, 0.1) is 0 Å². The maximum atomic E-state index is 12.6. The average Bonchev–Trinajstić information content (AvgIpc) is 3.23. The van der Waals surface area contributed by atoms with Crippen molar-refractivity contribution in [3.05, 3.63) is 54.0 Å². The molecule has 0 fully saturated rings. The maximum absolute atomic E-state index is 12.6. The summed E-state index contributed by atoms with van der Waals surface area (Å²) >= 11 is 0. The Labute approximate surface area is 143 Å². The molecular formula is C17H17N5O3. The van der Waals surface area contributed by atoms with Crippen LogP contribution in [0.4, 0.5) is 0 Å². The molecule has 1 aliphatic heterocycles. The quantitative estimate of drug-likeness (QED) is 0.739. The number of carboxylic acid groups (broad SMARTS) is 1. The lowest BCUT2D eigenvalue weighted by molar-refractivity contribution is -0.151. The van der Waals surface area contributed by atoms with Gasteiger partial charge in [0, 0.05) is 25.2 Å². The minimum atomic E-state index is -1.00. The highest BCUT2D eigenvalue weighted by Crippen LogP contribution is 2.22. The molecule has 2 N–H and O–H groups in total. The number of hydrogen-bond donors (Lipinski definition) is 2. The number of nitrogens with zero attached hydrogens (tertiary/aromatic N) is 4. The van der Waals surface area contributed by atoms with Crippen molar-refractivity contribution in [2.24, 2.45) is 0 Å². The van der Waals surface area contributed by atoms with Gasteiger partial charge in [-0.05, 0) is 18.6 Å². The van der Waals surface area contributed by atoms with Crippen LogP contribution in [0.2, 0.25) is 0 Å². The molecule has 4 heterocycles. The van der Waals surface area contributed by atoms with Crippen molar-refractivity contribution in [1.82, 2.24) is 24.3 Å². The standard InChI is InChI=1S/C17H17N5O3/c23-16(5-4-11-8-21-6-2-1-3-15(21)20-11)22-9-13-12(18-10-19-13)7-14(22)17(24)25/h1-3,6,8,10,14H,4-5,7,9H2,(H,18,19)(H,24,25)/t14-/m1/s1. The van der Waals surface area contributed by atoms with Gasteiger partial charge in [0.05, 0.1) is 30.0 Å². The Morgan fingerprint density at radius 2 is 2.24 bits per heavy atom. The van der Waals surface area contributed by atoms with E-state index in [-0.39, 0.29) is 25.3 Å². The Hall–Kier alpha value is -3.16. The Kier molecular flexibility index (Phi) is 3.72. The minimum Gasteiger partial charge on any atom is -0.480 e. The van der Waals surface area contributed by atoms with E-state index in [1.54, 1.807) is 0 Å². The van der Waals surface area contributed by atoms with Gasteiger partial charge in [-0.25, -0.2) is 14.8 Å². The summed E-state index contributed by atoms with van der Waals surface area (Å²) in [6.45, 7) is 0.246. The third kappa shape index (κ3) is 2.86. The van der Waals surface area contributed by atoms with Gasteiger partial charge in [0.15, 0.2) is 0 Å². The maximum Gasteiger partial charge on any atom is 0.326 e. The fourth-order valence-electron chi connectivity index (χ4n) is 3.20. The topological polar surface area (TPSA) is 104 Å². The van der Waals surface area contributed by atoms with Gasteiger partial charge in [-0.15, -0.1) is 0 Å². The van der Waals surface area contributed by atoms with E-state index in [1.807, 2.05) is 35.0 Å². The number of carbonyl (C=O) groups is 2. The van der Waals surface area contributed by atoms with Crippen molar-refractivity contribution < 1.29 is 14.7 Å². The van der Waals surface area contributed by atoms with E-state index in [4.69, 9.17) is 0 Å². The molecule has 128 valence electrons. The van der Waals surface area contributed by atoms with Crippen molar-refractivity contribution in [1.29, 1.82) is 0 Å². The summed E-state index contributed by atoms with van der Waals surface area (Å²) in [6, 6.07) is 4.85. The Morgan fingerprint density at radius 1 is 1.36 bits per heavy atom. The smallest absolute Gasteiger partial charge is 0.326 e. The zero-order valence-electron chi connectivity index (χ0n) is 13.4. The van der Waals surface area contributed by atoms with Crippen LogP contribution in [0.5, 0.6) is 0 Å². The first kappa shape index (κ1) is 15.4. The van der Waals surface area contributed by atoms with Crippen LogP contribution in [-0.4, -0.2) is 47.3 Å². The van der Waals surface area contributed by atoms with E-state index in [9.17, 15) is 14.7 Å². The van der Waals surface area contributed by atoms with Crippen molar-refractivity contribution in [3.8, 4) is 0 Å². The number of aromatic nitrogens is 4. The second-order valence-electron chi connectivity index (χ2n) is 6.11. The van der Waals surface area contributed by atoms with Crippen molar-refractivity contribution in [2.75, 3.05) is 0 Å². The van der Waals surface area contributed by atoms with Crippen molar-refractivity contribution in [3.63, 3.8) is 0 Å². The number of carboxylic acids is 1. The third-order valence-electron chi connectivity index (χ3n) is 4.51. The number of pyridine rings is 1. The fourth-order valence-corrected chi connectivity index (χ4v) is 3.20. The van der Waals surface area contributed by atoms with Gasteiger partial charge in [0.2, 0.25) is 5.91 Å². The van der Waals surface area contributed by atoms with Crippen LogP contribution < -0.4 is 0 Å². The molecule has 0 aliphatic carbocycles. The summed E-state index contributed by atoms with van der Waals surface area (Å²) in [7, 11) is 0. The lowest BCUT2D eigenvalue weighted by atomic mass is 10.0. The molecular weight excluding hydrogens is 322 g/mol. The van der Waals surface area contributed by atoms with Crippen LogP contribution in [0.15, 0.2) is 36.9 Å². The first-order valence-corrected chi connectivity index (χ1v) is 8.08. The summed E-state index contributed by atoms with van der Waals surface area (Å²) in [5.41, 5.74) is 3.16. The number of imidazole rings is 2. The first-order chi connectivity index (χ1) is 12.1. The second-order valence-corrected chi connectivity index (χ2v) is 6.11. The zero-order valence-corrected chi connectivity index (χ0v) is 13.4. The number of hydrogen-bond acceptors (Lipinski definition) is 4. The first-order valence-electron chi connectivity index (χ1n) is 8.08. The lowest BCUT2D eigenvalue weighted by Gasteiger charge is -2.32. The van der Waals surface area contributed by atoms with E-state index >= 15 is 0 Å². The summed E-state index contributed by atoms with van der Waals surface area (Å²) in [6.07, 6.45) is 6.25. The molecule has 25 heavy (non-hydrogen) atoms. The molecule has 1 atom stereocenters. The highest BCUT2D eigenvalue weighted by Gasteiger charge is 2.35. The molecule has 0 saturated heterocycles. The minimum absolute atomic E-state index is 0.190. The van der Waals surface area contributed by atoms with Gasteiger partial charge >= 0.3 is 5.97 Å². The third-order valence-corrected chi connectivity index (χ3v) is 4.51. The number of rotatable bonds is 4. The summed E-state index contributed by atoms with van der Waals surface area (Å²) in [4.78, 5) is 37.2. The van der Waals surface area contributed by atoms with E-state index in [0.29, 0.717) is 6.42 Å². The number of carbonyl (C=O) groups excluding carboxylic acids is 1. The molecule has 8 heteroatoms. The van der Waals surface area contributed by atoms with Crippen LogP contribution in [0.1, 0.15) is 23.5 Å². The van der Waals surface area contributed by atoms with Gasteiger partial charge in [-0.3, -0.25) is 4.79 Å². The monoisotopic (exact) mass is 339 g/mol. The Morgan fingerprint density at radius 3 is 3.04 bits per heavy atom. The highest BCUT2D eigenvalue weighted by atomic mass is 16.4. The van der Waals surface area contributed by atoms with Crippen LogP contribution in [0.25, 0.3) is 5.65 Å². The number of aliphatic carboxylic acids is 1. The molecule has 1 aliphatic rings. The fraction of sp³-hybridized carbons (Fsp3) is 0.294. The predicted molar refractivity (Wildman–Crippen MR) is 87.8 cm³/mol. The van der Waals surface area contributed by atoms with Crippen LogP contribution >= 0.6 is 0 Å². The number of amides is 1. The van der Waals surface area contributed by atoms with Gasteiger partial charge < -0.3 is 19.4 Å².